The standard InChI is InChI=1S/C24H25N3O/c25-17-23(16-22(26)18-28)27-24(19-10-4-1-5-11-19,20-12-6-2-7-13-20)21-14-8-3-9-15-21/h1-15,17-18,22,27H,16,25-26H2/b23-17-/t22-/m1/s1. The number of carbonyl (C=O) groups is 1. The zero-order chi connectivity index (χ0) is 19.8. The summed E-state index contributed by atoms with van der Waals surface area (Å²) in [7, 11) is 0. The molecule has 3 aromatic carbocycles. The van der Waals surface area contributed by atoms with Gasteiger partial charge in [0, 0.05) is 18.3 Å². The minimum atomic E-state index is -0.683. The molecule has 0 aromatic heterocycles. The highest BCUT2D eigenvalue weighted by molar-refractivity contribution is 5.58. The van der Waals surface area contributed by atoms with Crippen LogP contribution in [0.1, 0.15) is 23.1 Å². The van der Waals surface area contributed by atoms with E-state index < -0.39 is 11.6 Å². The lowest BCUT2D eigenvalue weighted by atomic mass is 9.76. The monoisotopic (exact) mass is 371 g/mol. The van der Waals surface area contributed by atoms with Crippen molar-refractivity contribution in [2.45, 2.75) is 18.0 Å². The van der Waals surface area contributed by atoms with Gasteiger partial charge in [0.2, 0.25) is 0 Å². The average molecular weight is 371 g/mol. The number of nitrogens with one attached hydrogen (secondary N) is 1. The molecule has 0 fully saturated rings. The average Bonchev–Trinajstić information content (AvgIpc) is 2.78. The molecule has 4 heteroatoms. The number of nitrogens with two attached hydrogens (primary N) is 2. The summed E-state index contributed by atoms with van der Waals surface area (Å²) in [6.45, 7) is 0. The predicted molar refractivity (Wildman–Crippen MR) is 113 cm³/mol. The third-order valence-electron chi connectivity index (χ3n) is 4.80. The Bertz CT molecular complexity index is 812. The van der Waals surface area contributed by atoms with Crippen LogP contribution in [0.15, 0.2) is 103 Å². The molecule has 0 aliphatic rings. The predicted octanol–water partition coefficient (Wildman–Crippen LogP) is 3.28. The Morgan fingerprint density at radius 2 is 1.21 bits per heavy atom. The number of hydrogen-bond acceptors (Lipinski definition) is 4. The number of rotatable bonds is 8. The molecule has 0 unspecified atom stereocenters. The summed E-state index contributed by atoms with van der Waals surface area (Å²) < 4.78 is 0. The lowest BCUT2D eigenvalue weighted by Gasteiger charge is -2.38. The first kappa shape index (κ1) is 19.4. The molecule has 0 saturated heterocycles. The van der Waals surface area contributed by atoms with Gasteiger partial charge in [-0.05, 0) is 16.7 Å². The fourth-order valence-electron chi connectivity index (χ4n) is 3.48. The zero-order valence-corrected chi connectivity index (χ0v) is 15.7. The van der Waals surface area contributed by atoms with Gasteiger partial charge >= 0.3 is 0 Å². The Morgan fingerprint density at radius 1 is 0.821 bits per heavy atom. The van der Waals surface area contributed by atoms with Gasteiger partial charge in [-0.25, -0.2) is 0 Å². The van der Waals surface area contributed by atoms with Crippen molar-refractivity contribution in [2.75, 3.05) is 0 Å². The van der Waals surface area contributed by atoms with Crippen LogP contribution in [0.5, 0.6) is 0 Å². The summed E-state index contributed by atoms with van der Waals surface area (Å²) in [6.07, 6.45) is 2.56. The van der Waals surface area contributed by atoms with Crippen molar-refractivity contribution in [3.63, 3.8) is 0 Å². The molecule has 0 saturated carbocycles. The second-order valence-electron chi connectivity index (χ2n) is 6.67. The summed E-state index contributed by atoms with van der Waals surface area (Å²) in [5.74, 6) is 0. The molecule has 3 aromatic rings. The van der Waals surface area contributed by atoms with E-state index in [-0.39, 0.29) is 0 Å². The Kier molecular flexibility index (Phi) is 6.25. The van der Waals surface area contributed by atoms with Crippen LogP contribution in [0.25, 0.3) is 0 Å². The van der Waals surface area contributed by atoms with Crippen LogP contribution in [0.2, 0.25) is 0 Å². The molecule has 142 valence electrons. The molecule has 4 nitrogen and oxygen atoms in total. The van der Waals surface area contributed by atoms with E-state index in [9.17, 15) is 4.79 Å². The third kappa shape index (κ3) is 3.97. The fourth-order valence-corrected chi connectivity index (χ4v) is 3.48. The van der Waals surface area contributed by atoms with E-state index in [1.165, 1.54) is 6.20 Å². The second-order valence-corrected chi connectivity index (χ2v) is 6.67. The maximum atomic E-state index is 11.1. The summed E-state index contributed by atoms with van der Waals surface area (Å²) >= 11 is 0. The van der Waals surface area contributed by atoms with Crippen molar-refractivity contribution < 1.29 is 4.79 Å². The second kappa shape index (κ2) is 9.02. The molecule has 3 rings (SSSR count). The largest absolute Gasteiger partial charge is 0.403 e. The molecular weight excluding hydrogens is 346 g/mol. The van der Waals surface area contributed by atoms with Gasteiger partial charge in [-0.3, -0.25) is 0 Å². The minimum Gasteiger partial charge on any atom is -0.403 e. The smallest absolute Gasteiger partial charge is 0.137 e. The first-order chi connectivity index (χ1) is 13.7. The number of benzene rings is 3. The van der Waals surface area contributed by atoms with E-state index in [0.717, 1.165) is 23.0 Å². The van der Waals surface area contributed by atoms with Crippen LogP contribution in [0, 0.1) is 0 Å². The Labute approximate surface area is 165 Å². The van der Waals surface area contributed by atoms with Crippen LogP contribution in [0.3, 0.4) is 0 Å². The highest BCUT2D eigenvalue weighted by Gasteiger charge is 2.36. The maximum Gasteiger partial charge on any atom is 0.137 e. The number of aldehydes is 1. The summed E-state index contributed by atoms with van der Waals surface area (Å²) in [5, 5.41) is 3.63. The summed E-state index contributed by atoms with van der Waals surface area (Å²) in [4.78, 5) is 11.1. The maximum absolute atomic E-state index is 11.1. The zero-order valence-electron chi connectivity index (χ0n) is 15.7. The van der Waals surface area contributed by atoms with Crippen LogP contribution in [-0.2, 0) is 10.3 Å². The van der Waals surface area contributed by atoms with Crippen LogP contribution >= 0.6 is 0 Å². The van der Waals surface area contributed by atoms with Crippen LogP contribution in [0.4, 0.5) is 0 Å². The Balaban J connectivity index is 2.23. The van der Waals surface area contributed by atoms with Gasteiger partial charge in [-0.2, -0.15) is 0 Å². The first-order valence-electron chi connectivity index (χ1n) is 9.27. The highest BCUT2D eigenvalue weighted by atomic mass is 16.1. The molecule has 28 heavy (non-hydrogen) atoms. The van der Waals surface area contributed by atoms with Crippen molar-refractivity contribution in [3.05, 3.63) is 120 Å². The Hall–Kier alpha value is -3.37. The number of hydrogen-bond donors (Lipinski definition) is 3. The topological polar surface area (TPSA) is 81.1 Å². The first-order valence-corrected chi connectivity index (χ1v) is 9.27. The minimum absolute atomic E-state index is 0.328. The molecule has 0 aliphatic carbocycles. The summed E-state index contributed by atoms with van der Waals surface area (Å²) in [5.41, 5.74) is 15.0. The van der Waals surface area contributed by atoms with E-state index in [2.05, 4.69) is 41.7 Å². The SMILES string of the molecule is N/C=C(/C[C@@H](N)C=O)NC(c1ccccc1)(c1ccccc1)c1ccccc1. The van der Waals surface area contributed by atoms with Crippen molar-refractivity contribution >= 4 is 6.29 Å². The molecule has 0 aliphatic heterocycles. The van der Waals surface area contributed by atoms with Crippen molar-refractivity contribution in [3.8, 4) is 0 Å². The Morgan fingerprint density at radius 3 is 1.54 bits per heavy atom. The quantitative estimate of drug-likeness (QED) is 0.419. The molecule has 0 bridgehead atoms. The van der Waals surface area contributed by atoms with Gasteiger partial charge < -0.3 is 21.6 Å². The van der Waals surface area contributed by atoms with Gasteiger partial charge in [-0.1, -0.05) is 91.0 Å². The van der Waals surface area contributed by atoms with Gasteiger partial charge in [0.25, 0.3) is 0 Å². The molecule has 5 N–H and O–H groups in total. The van der Waals surface area contributed by atoms with Gasteiger partial charge in [0.05, 0.1) is 6.04 Å². The van der Waals surface area contributed by atoms with Gasteiger partial charge in [0.1, 0.15) is 11.8 Å². The van der Waals surface area contributed by atoms with Crippen molar-refractivity contribution in [1.82, 2.24) is 5.32 Å². The van der Waals surface area contributed by atoms with E-state index in [0.29, 0.717) is 12.1 Å². The van der Waals surface area contributed by atoms with E-state index in [1.807, 2.05) is 54.6 Å². The summed E-state index contributed by atoms with van der Waals surface area (Å²) in [6, 6.07) is 29.9. The molecular formula is C24H25N3O. The van der Waals surface area contributed by atoms with Crippen molar-refractivity contribution in [2.24, 2.45) is 11.5 Å². The van der Waals surface area contributed by atoms with Gasteiger partial charge in [-0.15, -0.1) is 0 Å². The van der Waals surface area contributed by atoms with Crippen molar-refractivity contribution in [1.29, 1.82) is 0 Å². The lowest BCUT2D eigenvalue weighted by Crippen LogP contribution is -2.45. The van der Waals surface area contributed by atoms with Crippen LogP contribution in [-0.4, -0.2) is 12.3 Å². The number of carbonyl (C=O) groups excluding carboxylic acids is 1. The fraction of sp³-hybridized carbons (Fsp3) is 0.125. The third-order valence-corrected chi connectivity index (χ3v) is 4.80. The molecule has 1 atom stereocenters. The lowest BCUT2D eigenvalue weighted by molar-refractivity contribution is -0.108. The van der Waals surface area contributed by atoms with Crippen LogP contribution < -0.4 is 16.8 Å². The van der Waals surface area contributed by atoms with Gasteiger partial charge in [0.15, 0.2) is 0 Å². The highest BCUT2D eigenvalue weighted by Crippen LogP contribution is 2.37. The van der Waals surface area contributed by atoms with E-state index >= 15 is 0 Å². The van der Waals surface area contributed by atoms with E-state index in [4.69, 9.17) is 11.5 Å². The van der Waals surface area contributed by atoms with E-state index in [1.54, 1.807) is 0 Å². The molecule has 0 heterocycles. The molecule has 0 spiro atoms. The molecule has 0 amide bonds. The normalized spacial score (nSPS) is 13.0. The molecule has 0 radical (unpaired) electrons.